The maximum absolute atomic E-state index is 14.3. The molecule has 526 valence electrons. The number of rotatable bonds is 44. The number of carbonyl (C=O) groups is 14. The van der Waals surface area contributed by atoms with Crippen LogP contribution in [0.3, 0.4) is 0 Å². The fraction of sp³-hybridized carbons (Fsp3) is 0.583. The van der Waals surface area contributed by atoms with Gasteiger partial charge in [0, 0.05) is 67.0 Å². The van der Waals surface area contributed by atoms with Crippen molar-refractivity contribution < 1.29 is 72.2 Å². The van der Waals surface area contributed by atoms with Crippen molar-refractivity contribution in [1.29, 1.82) is 0 Å². The molecule has 0 aliphatic carbocycles. The van der Waals surface area contributed by atoms with Gasteiger partial charge in [0.1, 0.15) is 54.4 Å². The Balaban J connectivity index is 1.66. The lowest BCUT2D eigenvalue weighted by atomic mass is 10.0. The molecule has 3 rings (SSSR count). The molecule has 0 aliphatic heterocycles. The number of amides is 14. The summed E-state index contributed by atoms with van der Waals surface area (Å²) in [6.45, 7) is 6.31. The monoisotopic (exact) mass is 1370 g/mol. The van der Waals surface area contributed by atoms with E-state index in [2.05, 4.69) is 91.4 Å². The van der Waals surface area contributed by atoms with Crippen LogP contribution < -0.4 is 75.3 Å². The lowest BCUT2D eigenvalue weighted by Gasteiger charge is -2.26. The molecule has 0 aliphatic rings. The molecule has 35 heteroatoms. The molecule has 3 aromatic rings. The van der Waals surface area contributed by atoms with Crippen LogP contribution in [0.5, 0.6) is 0 Å². The highest BCUT2D eigenvalue weighted by Gasteiger charge is 2.34. The Morgan fingerprint density at radius 2 is 1.19 bits per heavy atom. The van der Waals surface area contributed by atoms with Gasteiger partial charge >= 0.3 is 0 Å². The number of H-pyrrole nitrogens is 2. The first-order valence-corrected chi connectivity index (χ1v) is 33.0. The van der Waals surface area contributed by atoms with Crippen molar-refractivity contribution in [3.8, 4) is 0 Å². The fourth-order valence-electron chi connectivity index (χ4n) is 9.31. The Morgan fingerprint density at radius 3 is 1.81 bits per heavy atom. The number of imidazole rings is 1. The second-order valence-corrected chi connectivity index (χ2v) is 24.9. The number of thiol groups is 1. The summed E-state index contributed by atoms with van der Waals surface area (Å²) in [5, 5.41) is 40.9. The first-order chi connectivity index (χ1) is 45.0. The minimum atomic E-state index is -1.42. The quantitative estimate of drug-likeness (QED) is 0.0187. The van der Waals surface area contributed by atoms with Crippen molar-refractivity contribution >= 4 is 118 Å². The van der Waals surface area contributed by atoms with Crippen molar-refractivity contribution in [3.63, 3.8) is 0 Å². The molecular formula is C60H94N18O15S2. The number of hydrogen-bond acceptors (Lipinski definition) is 19. The van der Waals surface area contributed by atoms with E-state index in [0.29, 0.717) is 27.9 Å². The molecule has 0 saturated carbocycles. The molecular weight excluding hydrogens is 1280 g/mol. The number of aromatic nitrogens is 3. The Kier molecular flexibility index (Phi) is 35.4. The molecule has 95 heavy (non-hydrogen) atoms. The van der Waals surface area contributed by atoms with Gasteiger partial charge in [-0.2, -0.15) is 24.4 Å². The summed E-state index contributed by atoms with van der Waals surface area (Å²) >= 11 is 5.54. The van der Waals surface area contributed by atoms with Gasteiger partial charge in [0.25, 0.3) is 0 Å². The molecule has 0 fully saturated rings. The highest BCUT2D eigenvalue weighted by Crippen LogP contribution is 2.20. The number of primary amides is 2. The van der Waals surface area contributed by atoms with Crippen LogP contribution in [-0.4, -0.2) is 227 Å². The second kappa shape index (κ2) is 41.8. The van der Waals surface area contributed by atoms with Gasteiger partial charge in [0.05, 0.1) is 32.6 Å². The standard InChI is InChI=1S/C60H94N18O15S2/c1-32(2)21-41(57(90)73-39(52(62)85)18-20-95-8)74-58(91)43(23-36-25-63-31-68-36)71-49(83)27-67-60(93)51(33(3)4)77-53(86)34(5)69-56(89)42(22-35-24-65-38-14-10-9-13-37(35)38)75-55(88)40(16-17-46(61)80)70-47(81)15-11-12-19-64-48(82)26-66-54(87)45(30-94)76-59(92)44(29-79)72-50(84)28-78(6)7/h9-10,13-14,24-25,31-34,39-45,51,65,79,94H,11-12,15-23,26-30H2,1-8H3,(H2,61,80)(H2,62,85)(H,63,68)(H,64,82)(H,66,87)(H,67,93)(H,69,89)(H,70,81)(H,71,83)(H,72,84)(H,73,90)(H,74,91)(H,75,88)(H,76,92)(H,77,86)/t34-,39-,40-,41-,42-,43-,44?,45?,51-/m0/s1. The number of thioether (sulfide) groups is 1. The van der Waals surface area contributed by atoms with Crippen molar-refractivity contribution in [1.82, 2.24) is 83.7 Å². The van der Waals surface area contributed by atoms with Crippen molar-refractivity contribution in [2.24, 2.45) is 23.3 Å². The number of likely N-dealkylation sites (N-methyl/N-ethyl adjacent to an activating group) is 1. The molecule has 0 spiro atoms. The summed E-state index contributed by atoms with van der Waals surface area (Å²) in [6.07, 6.45) is 6.08. The number of aliphatic hydroxyl groups excluding tert-OH is 1. The van der Waals surface area contributed by atoms with E-state index >= 15 is 0 Å². The number of carbonyl (C=O) groups excluding carboxylic acids is 14. The fourth-order valence-corrected chi connectivity index (χ4v) is 10.0. The van der Waals surface area contributed by atoms with Crippen LogP contribution in [0.4, 0.5) is 0 Å². The molecule has 0 bridgehead atoms. The average molecular weight is 1370 g/mol. The zero-order valence-electron chi connectivity index (χ0n) is 54.8. The number of nitrogens with zero attached hydrogens (tertiary/aromatic N) is 2. The van der Waals surface area contributed by atoms with Crippen LogP contribution in [0.25, 0.3) is 10.9 Å². The average Bonchev–Trinajstić information content (AvgIpc) is 1.72. The van der Waals surface area contributed by atoms with Crippen LogP contribution in [0.2, 0.25) is 0 Å². The zero-order valence-corrected chi connectivity index (χ0v) is 56.5. The van der Waals surface area contributed by atoms with Crippen LogP contribution in [0.1, 0.15) is 90.8 Å². The third-order valence-corrected chi connectivity index (χ3v) is 15.4. The lowest BCUT2D eigenvalue weighted by molar-refractivity contribution is -0.135. The maximum Gasteiger partial charge on any atom is 0.245 e. The van der Waals surface area contributed by atoms with Crippen molar-refractivity contribution in [3.05, 3.63) is 54.2 Å². The topological polar surface area (TPSA) is 503 Å². The number of fused-ring (bicyclic) bond motifs is 1. The van der Waals surface area contributed by atoms with Crippen molar-refractivity contribution in [2.45, 2.75) is 147 Å². The molecule has 1 aromatic carbocycles. The first-order valence-electron chi connectivity index (χ1n) is 30.9. The minimum absolute atomic E-state index is 0.0569. The third-order valence-electron chi connectivity index (χ3n) is 14.4. The summed E-state index contributed by atoms with van der Waals surface area (Å²) < 4.78 is 0. The Bertz CT molecular complexity index is 3090. The molecule has 19 N–H and O–H groups in total. The van der Waals surface area contributed by atoms with E-state index in [9.17, 15) is 72.2 Å². The number of benzene rings is 1. The van der Waals surface area contributed by atoms with Gasteiger partial charge in [-0.1, -0.05) is 45.9 Å². The molecule has 33 nitrogen and oxygen atoms in total. The number of para-hydroxylation sites is 1. The molecule has 2 aromatic heterocycles. The van der Waals surface area contributed by atoms with Gasteiger partial charge in [0.15, 0.2) is 0 Å². The summed E-state index contributed by atoms with van der Waals surface area (Å²) in [5.74, 6) is -10.9. The van der Waals surface area contributed by atoms with E-state index in [4.69, 9.17) is 11.5 Å². The van der Waals surface area contributed by atoms with Gasteiger partial charge in [-0.05, 0) is 88.6 Å². The Labute approximate surface area is 560 Å². The smallest absolute Gasteiger partial charge is 0.245 e. The Hall–Kier alpha value is -8.83. The summed E-state index contributed by atoms with van der Waals surface area (Å²) in [7, 11) is 3.27. The van der Waals surface area contributed by atoms with E-state index in [1.54, 1.807) is 63.3 Å². The molecule has 0 saturated heterocycles. The predicted molar refractivity (Wildman–Crippen MR) is 355 cm³/mol. The Morgan fingerprint density at radius 1 is 0.600 bits per heavy atom. The zero-order chi connectivity index (χ0) is 70.9. The summed E-state index contributed by atoms with van der Waals surface area (Å²) in [4.78, 5) is 196. The maximum atomic E-state index is 14.3. The highest BCUT2D eigenvalue weighted by atomic mass is 32.2. The van der Waals surface area contributed by atoms with Crippen LogP contribution in [0, 0.1) is 11.8 Å². The third kappa shape index (κ3) is 29.6. The number of nitrogens with one attached hydrogen (secondary N) is 14. The van der Waals surface area contributed by atoms with E-state index in [1.807, 2.05) is 20.1 Å². The van der Waals surface area contributed by atoms with E-state index in [1.165, 1.54) is 31.2 Å². The van der Waals surface area contributed by atoms with Gasteiger partial charge in [-0.25, -0.2) is 4.98 Å². The van der Waals surface area contributed by atoms with E-state index in [-0.39, 0.29) is 82.5 Å². The van der Waals surface area contributed by atoms with E-state index < -0.39 is 163 Å². The van der Waals surface area contributed by atoms with Crippen LogP contribution in [0.15, 0.2) is 43.0 Å². The van der Waals surface area contributed by atoms with Gasteiger partial charge in [-0.3, -0.25) is 67.1 Å². The van der Waals surface area contributed by atoms with Crippen LogP contribution in [-0.2, 0) is 80.0 Å². The molecule has 2 heterocycles. The number of nitrogens with two attached hydrogens (primary N) is 2. The molecule has 14 amide bonds. The highest BCUT2D eigenvalue weighted by molar-refractivity contribution is 7.98. The van der Waals surface area contributed by atoms with Gasteiger partial charge in [-0.15, -0.1) is 0 Å². The number of aliphatic hydroxyl groups is 1. The number of hydrogen-bond donors (Lipinski definition) is 18. The van der Waals surface area contributed by atoms with Gasteiger partial charge < -0.3 is 95.2 Å². The normalized spacial score (nSPS) is 14.0. The summed E-state index contributed by atoms with van der Waals surface area (Å²) in [6, 6.07) is -4.33. The summed E-state index contributed by atoms with van der Waals surface area (Å²) in [5.41, 5.74) is 12.7. The minimum Gasteiger partial charge on any atom is -0.394 e. The molecule has 0 radical (unpaired) electrons. The molecule has 2 unspecified atom stereocenters. The number of aromatic amines is 2. The predicted octanol–water partition coefficient (Wildman–Crippen LogP) is -4.73. The van der Waals surface area contributed by atoms with Gasteiger partial charge in [0.2, 0.25) is 82.7 Å². The number of unbranched alkanes of at least 4 members (excludes halogenated alkanes) is 1. The van der Waals surface area contributed by atoms with E-state index in [0.717, 1.165) is 0 Å². The van der Waals surface area contributed by atoms with Crippen LogP contribution >= 0.6 is 24.4 Å². The lowest BCUT2D eigenvalue weighted by Crippen LogP contribution is -2.59. The molecule has 9 atom stereocenters. The second-order valence-electron chi connectivity index (χ2n) is 23.6. The first kappa shape index (κ1) is 80.4. The van der Waals surface area contributed by atoms with Crippen molar-refractivity contribution in [2.75, 3.05) is 64.6 Å². The largest absolute Gasteiger partial charge is 0.394 e. The SMILES string of the molecule is CSCC[C@H](NC(=O)[C@H](CC(C)C)NC(=O)[C@H](Cc1cnc[nH]1)NC(=O)CNC(=O)[C@@H](NC(=O)[C@H](C)NC(=O)[C@H](Cc1c[nH]c2ccccc12)NC(=O)[C@H](CCC(N)=O)NC(=O)CCCCNC(=O)CNC(=O)C(CS)NC(=O)C(CO)NC(=O)CN(C)C)C(C)C)C(N)=O.